The number of carbonyl (C=O) groups excluding carboxylic acids is 1. The molecule has 2 aromatic rings. The number of nitrogens with zero attached hydrogens (tertiary/aromatic N) is 3. The summed E-state index contributed by atoms with van der Waals surface area (Å²) in [6.45, 7) is 9.14. The van der Waals surface area contributed by atoms with E-state index in [1.165, 1.54) is 5.69 Å². The summed E-state index contributed by atoms with van der Waals surface area (Å²) in [5.41, 5.74) is 10.4. The van der Waals surface area contributed by atoms with Crippen molar-refractivity contribution in [1.29, 1.82) is 0 Å². The first-order valence-corrected chi connectivity index (χ1v) is 11.3. The highest BCUT2D eigenvalue weighted by molar-refractivity contribution is 5.94. The van der Waals surface area contributed by atoms with Gasteiger partial charge in [0.1, 0.15) is 5.82 Å². The Morgan fingerprint density at radius 2 is 1.68 bits per heavy atom. The van der Waals surface area contributed by atoms with Crippen molar-refractivity contribution in [2.75, 3.05) is 55.9 Å². The van der Waals surface area contributed by atoms with Gasteiger partial charge in [-0.15, -0.1) is 0 Å². The summed E-state index contributed by atoms with van der Waals surface area (Å²) in [6, 6.07) is 15.3. The summed E-state index contributed by atoms with van der Waals surface area (Å²) in [5, 5.41) is 6.08. The van der Waals surface area contributed by atoms with Crippen LogP contribution in [0.25, 0.3) is 5.70 Å². The fourth-order valence-electron chi connectivity index (χ4n) is 3.31. The summed E-state index contributed by atoms with van der Waals surface area (Å²) < 4.78 is 5.40. The number of carbonyl (C=O) groups is 1. The van der Waals surface area contributed by atoms with Crippen LogP contribution >= 0.6 is 0 Å². The zero-order chi connectivity index (χ0) is 24.5. The molecule has 8 heteroatoms. The summed E-state index contributed by atoms with van der Waals surface area (Å²) in [4.78, 5) is 20.6. The molecule has 0 spiro atoms. The van der Waals surface area contributed by atoms with E-state index in [0.29, 0.717) is 11.5 Å². The maximum absolute atomic E-state index is 12.2. The first-order valence-electron chi connectivity index (χ1n) is 11.3. The molecule has 1 aliphatic rings. The van der Waals surface area contributed by atoms with E-state index < -0.39 is 0 Å². The van der Waals surface area contributed by atoms with Gasteiger partial charge in [-0.3, -0.25) is 9.69 Å². The third-order valence-corrected chi connectivity index (χ3v) is 5.66. The lowest BCUT2D eigenvalue weighted by atomic mass is 10.1. The smallest absolute Gasteiger partial charge is 0.241 e. The fourth-order valence-corrected chi connectivity index (χ4v) is 3.31. The van der Waals surface area contributed by atoms with Crippen LogP contribution in [0.3, 0.4) is 0 Å². The second-order valence-corrected chi connectivity index (χ2v) is 8.32. The lowest BCUT2D eigenvalue weighted by Crippen LogP contribution is -2.37. The lowest BCUT2D eigenvalue weighted by Gasteiger charge is -2.28. The molecule has 2 aromatic carbocycles. The van der Waals surface area contributed by atoms with Crippen LogP contribution in [0.2, 0.25) is 0 Å². The molecular formula is C26H34N6O2. The van der Waals surface area contributed by atoms with Crippen LogP contribution < -0.4 is 21.3 Å². The number of allylic oxidation sites excluding steroid dienone is 1. The van der Waals surface area contributed by atoms with Crippen LogP contribution in [-0.4, -0.2) is 63.5 Å². The largest absolute Gasteiger partial charge is 0.398 e. The molecule has 0 aromatic heterocycles. The van der Waals surface area contributed by atoms with E-state index in [4.69, 9.17) is 10.5 Å². The Kier molecular flexibility index (Phi) is 8.84. The first kappa shape index (κ1) is 25.0. The van der Waals surface area contributed by atoms with Crippen LogP contribution in [0.1, 0.15) is 12.5 Å². The van der Waals surface area contributed by atoms with Gasteiger partial charge in [0.05, 0.1) is 19.3 Å². The van der Waals surface area contributed by atoms with E-state index in [1.807, 2.05) is 62.3 Å². The Morgan fingerprint density at radius 1 is 1.09 bits per heavy atom. The van der Waals surface area contributed by atoms with Crippen molar-refractivity contribution in [1.82, 2.24) is 4.90 Å². The van der Waals surface area contributed by atoms with E-state index in [9.17, 15) is 4.79 Å². The molecule has 0 saturated carbocycles. The molecule has 0 unspecified atom stereocenters. The molecule has 8 nitrogen and oxygen atoms in total. The quantitative estimate of drug-likeness (QED) is 0.495. The monoisotopic (exact) mass is 462 g/mol. The maximum Gasteiger partial charge on any atom is 0.241 e. The van der Waals surface area contributed by atoms with Crippen molar-refractivity contribution in [3.63, 3.8) is 0 Å². The number of amides is 1. The number of likely N-dealkylation sites (N-methyl/N-ethyl adjacent to an activating group) is 1. The number of hydrogen-bond donors (Lipinski definition) is 3. The SMILES string of the molecule is C=C(/N=C\C=C(/N)c1ccc(NC(=O)[C@@H](C)N(C)C)cc1)Nc1ccc(N2CCOCC2)cc1. The Hall–Kier alpha value is -3.62. The molecule has 1 amide bonds. The number of benzene rings is 2. The highest BCUT2D eigenvalue weighted by Gasteiger charge is 2.14. The van der Waals surface area contributed by atoms with Crippen molar-refractivity contribution in [3.05, 3.63) is 72.6 Å². The number of anilines is 3. The topological polar surface area (TPSA) is 95.2 Å². The van der Waals surface area contributed by atoms with Gasteiger partial charge in [0.15, 0.2) is 0 Å². The van der Waals surface area contributed by atoms with E-state index >= 15 is 0 Å². The van der Waals surface area contributed by atoms with Gasteiger partial charge in [-0.25, -0.2) is 4.99 Å². The van der Waals surface area contributed by atoms with Gasteiger partial charge in [-0.2, -0.15) is 0 Å². The van der Waals surface area contributed by atoms with Crippen molar-refractivity contribution in [3.8, 4) is 0 Å². The van der Waals surface area contributed by atoms with E-state index in [-0.39, 0.29) is 11.9 Å². The molecule has 1 aliphatic heterocycles. The summed E-state index contributed by atoms with van der Waals surface area (Å²) in [5.74, 6) is 0.450. The number of morpholine rings is 1. The number of aliphatic imine (C=N–C) groups is 1. The van der Waals surface area contributed by atoms with E-state index in [2.05, 4.69) is 39.2 Å². The lowest BCUT2D eigenvalue weighted by molar-refractivity contribution is -0.119. The van der Waals surface area contributed by atoms with Gasteiger partial charge in [0, 0.05) is 42.1 Å². The molecule has 1 saturated heterocycles. The van der Waals surface area contributed by atoms with Gasteiger partial charge in [0.2, 0.25) is 5.91 Å². The van der Waals surface area contributed by atoms with Crippen LogP contribution in [0.5, 0.6) is 0 Å². The number of ether oxygens (including phenoxy) is 1. The molecule has 3 rings (SSSR count). The number of rotatable bonds is 9. The Balaban J connectivity index is 1.51. The molecule has 1 atom stereocenters. The summed E-state index contributed by atoms with van der Waals surface area (Å²) >= 11 is 0. The van der Waals surface area contributed by atoms with Crippen LogP contribution in [0.4, 0.5) is 17.1 Å². The second-order valence-electron chi connectivity index (χ2n) is 8.32. The van der Waals surface area contributed by atoms with Crippen LogP contribution in [-0.2, 0) is 9.53 Å². The highest BCUT2D eigenvalue weighted by atomic mass is 16.5. The standard InChI is InChI=1S/C26H34N6O2/c1-19(31(3)4)26(33)30-23-7-5-21(6-8-23)25(27)13-14-28-20(2)29-22-9-11-24(12-10-22)32-15-17-34-18-16-32/h5-14,19,29H,2,15-18,27H2,1,3-4H3,(H,30,33)/b25-13-,28-14-/t19-/m1/s1. The maximum atomic E-state index is 12.2. The van der Waals surface area contributed by atoms with E-state index in [1.54, 1.807) is 12.3 Å². The first-order chi connectivity index (χ1) is 16.3. The molecule has 180 valence electrons. The van der Waals surface area contributed by atoms with Crippen LogP contribution in [0.15, 0.2) is 72.0 Å². The summed E-state index contributed by atoms with van der Waals surface area (Å²) in [7, 11) is 3.74. The van der Waals surface area contributed by atoms with Crippen LogP contribution in [0, 0.1) is 0 Å². The molecule has 0 bridgehead atoms. The number of nitrogens with two attached hydrogens (primary N) is 1. The Bertz CT molecular complexity index is 1020. The van der Waals surface area contributed by atoms with Gasteiger partial charge in [-0.1, -0.05) is 18.7 Å². The predicted octanol–water partition coefficient (Wildman–Crippen LogP) is 3.37. The zero-order valence-electron chi connectivity index (χ0n) is 20.1. The predicted molar refractivity (Wildman–Crippen MR) is 141 cm³/mol. The fraction of sp³-hybridized carbons (Fsp3) is 0.308. The van der Waals surface area contributed by atoms with E-state index in [0.717, 1.165) is 43.2 Å². The second kappa shape index (κ2) is 12.0. The Labute approximate surface area is 201 Å². The zero-order valence-corrected chi connectivity index (χ0v) is 20.1. The van der Waals surface area contributed by atoms with Gasteiger partial charge >= 0.3 is 0 Å². The minimum atomic E-state index is -0.217. The third kappa shape index (κ3) is 7.19. The number of nitrogens with one attached hydrogen (secondary N) is 2. The minimum absolute atomic E-state index is 0.0601. The highest BCUT2D eigenvalue weighted by Crippen LogP contribution is 2.20. The average Bonchev–Trinajstić information content (AvgIpc) is 2.84. The molecule has 0 aliphatic carbocycles. The van der Waals surface area contributed by atoms with Gasteiger partial charge in [-0.05, 0) is 69.1 Å². The summed E-state index contributed by atoms with van der Waals surface area (Å²) in [6.07, 6.45) is 3.33. The molecule has 1 heterocycles. The molecule has 0 radical (unpaired) electrons. The molecule has 4 N–H and O–H groups in total. The van der Waals surface area contributed by atoms with Crippen molar-refractivity contribution in [2.24, 2.45) is 10.7 Å². The normalized spacial score (nSPS) is 15.4. The van der Waals surface area contributed by atoms with Crippen molar-refractivity contribution >= 4 is 34.9 Å². The molecular weight excluding hydrogens is 428 g/mol. The van der Waals surface area contributed by atoms with Crippen molar-refractivity contribution < 1.29 is 9.53 Å². The Morgan fingerprint density at radius 3 is 2.29 bits per heavy atom. The molecule has 1 fully saturated rings. The van der Waals surface area contributed by atoms with Gasteiger partial charge in [0.25, 0.3) is 0 Å². The molecule has 34 heavy (non-hydrogen) atoms. The number of hydrogen-bond acceptors (Lipinski definition) is 7. The average molecular weight is 463 g/mol. The third-order valence-electron chi connectivity index (χ3n) is 5.66. The minimum Gasteiger partial charge on any atom is -0.398 e. The van der Waals surface area contributed by atoms with Crippen molar-refractivity contribution in [2.45, 2.75) is 13.0 Å². The van der Waals surface area contributed by atoms with Gasteiger partial charge < -0.3 is 26.0 Å².